The van der Waals surface area contributed by atoms with Crippen LogP contribution in [-0.4, -0.2) is 64.8 Å². The van der Waals surface area contributed by atoms with Gasteiger partial charge in [0.15, 0.2) is 33.0 Å². The van der Waals surface area contributed by atoms with Gasteiger partial charge in [-0.15, -0.1) is 23.2 Å². The highest BCUT2D eigenvalue weighted by Crippen LogP contribution is 2.67. The van der Waals surface area contributed by atoms with Crippen LogP contribution in [-0.2, 0) is 23.9 Å². The van der Waals surface area contributed by atoms with Crippen LogP contribution in [0.3, 0.4) is 0 Å². The SMILES string of the molecule is O=C1[C@H]2[C@H](CC=C3[C@H]2C[C@@]2(Cl)C(=O)N(c4c(F)c(F)c(F)c(F)c4F)C(=O)[C@@]2(Cl)[C@H]3c2cc(Br)ccc2O)C(=O)N1c1ccc(N2CCOCC2)cc1. The lowest BCUT2D eigenvalue weighted by Crippen LogP contribution is -2.60. The topological polar surface area (TPSA) is 107 Å². The molecule has 5 aliphatic rings. The zero-order valence-electron chi connectivity index (χ0n) is 27.0. The Morgan fingerprint density at radius 3 is 2.02 bits per heavy atom. The number of phenolic OH excluding ortho intramolecular Hbond substituents is 1. The summed E-state index contributed by atoms with van der Waals surface area (Å²) in [5, 5.41) is 11.2. The summed E-state index contributed by atoms with van der Waals surface area (Å²) < 4.78 is 79.3. The highest BCUT2D eigenvalue weighted by molar-refractivity contribution is 9.10. The summed E-state index contributed by atoms with van der Waals surface area (Å²) in [5.74, 6) is -22.1. The van der Waals surface area contributed by atoms with Crippen LogP contribution in [0, 0.1) is 46.8 Å². The van der Waals surface area contributed by atoms with E-state index in [0.717, 1.165) is 10.6 Å². The molecule has 3 aromatic carbocycles. The van der Waals surface area contributed by atoms with Gasteiger partial charge in [-0.05, 0) is 61.2 Å². The summed E-state index contributed by atoms with van der Waals surface area (Å²) >= 11 is 17.6. The third kappa shape index (κ3) is 4.89. The molecule has 276 valence electrons. The lowest BCUT2D eigenvalue weighted by molar-refractivity contribution is -0.125. The number of alkyl halides is 2. The number of halogens is 8. The Hall–Kier alpha value is -4.05. The van der Waals surface area contributed by atoms with Crippen molar-refractivity contribution in [1.82, 2.24) is 0 Å². The number of nitrogens with zero attached hydrogens (tertiary/aromatic N) is 3. The predicted molar refractivity (Wildman–Crippen MR) is 184 cm³/mol. The molecule has 8 rings (SSSR count). The molecule has 1 saturated carbocycles. The number of rotatable bonds is 4. The number of hydrogen-bond acceptors (Lipinski definition) is 7. The van der Waals surface area contributed by atoms with E-state index in [1.807, 2.05) is 0 Å². The van der Waals surface area contributed by atoms with Crippen LogP contribution in [0.5, 0.6) is 5.75 Å². The van der Waals surface area contributed by atoms with E-state index in [0.29, 0.717) is 30.8 Å². The number of morpholine rings is 1. The Labute approximate surface area is 316 Å². The highest BCUT2D eigenvalue weighted by Gasteiger charge is 2.77. The van der Waals surface area contributed by atoms with E-state index in [1.54, 1.807) is 30.3 Å². The van der Waals surface area contributed by atoms with Crippen molar-refractivity contribution >= 4 is 79.8 Å². The number of carbonyl (C=O) groups is 4. The van der Waals surface area contributed by atoms with Crippen LogP contribution in [0.25, 0.3) is 0 Å². The van der Waals surface area contributed by atoms with Crippen LogP contribution < -0.4 is 14.7 Å². The number of hydrogen-bond donors (Lipinski definition) is 1. The van der Waals surface area contributed by atoms with Gasteiger partial charge in [-0.3, -0.25) is 24.1 Å². The molecule has 3 aliphatic heterocycles. The largest absolute Gasteiger partial charge is 0.508 e. The average molecular weight is 841 g/mol. The first-order valence-corrected chi connectivity index (χ1v) is 18.0. The number of anilines is 3. The fourth-order valence-electron chi connectivity index (χ4n) is 8.56. The molecule has 0 bridgehead atoms. The first kappa shape index (κ1) is 36.0. The quantitative estimate of drug-likeness (QED) is 0.0804. The van der Waals surface area contributed by atoms with Crippen LogP contribution in [0.1, 0.15) is 24.3 Å². The van der Waals surface area contributed by atoms with Crippen LogP contribution in [0.4, 0.5) is 39.0 Å². The van der Waals surface area contributed by atoms with Gasteiger partial charge in [0.2, 0.25) is 17.6 Å². The molecule has 0 radical (unpaired) electrons. The minimum Gasteiger partial charge on any atom is -0.508 e. The smallest absolute Gasteiger partial charge is 0.258 e. The maximum absolute atomic E-state index is 15.3. The van der Waals surface area contributed by atoms with E-state index in [-0.39, 0.29) is 28.1 Å². The second-order valence-corrected chi connectivity index (χ2v) is 15.7. The van der Waals surface area contributed by atoms with E-state index >= 15 is 8.78 Å². The molecule has 0 aromatic heterocycles. The minimum atomic E-state index is -2.75. The van der Waals surface area contributed by atoms with Crippen molar-refractivity contribution in [3.05, 3.63) is 93.2 Å². The van der Waals surface area contributed by atoms with Crippen molar-refractivity contribution in [1.29, 1.82) is 0 Å². The zero-order chi connectivity index (χ0) is 37.9. The minimum absolute atomic E-state index is 0.0412. The number of ether oxygens (including phenoxy) is 1. The van der Waals surface area contributed by atoms with Gasteiger partial charge in [0, 0.05) is 34.7 Å². The number of carbonyl (C=O) groups excluding carboxylic acids is 4. The van der Waals surface area contributed by atoms with Gasteiger partial charge in [0.1, 0.15) is 11.4 Å². The lowest BCUT2D eigenvalue weighted by atomic mass is 9.56. The summed E-state index contributed by atoms with van der Waals surface area (Å²) in [4.78, 5) is 54.6. The summed E-state index contributed by atoms with van der Waals surface area (Å²) in [7, 11) is 0. The summed E-state index contributed by atoms with van der Waals surface area (Å²) in [5.41, 5.74) is -0.621. The van der Waals surface area contributed by atoms with Gasteiger partial charge in [-0.25, -0.2) is 26.9 Å². The fourth-order valence-corrected chi connectivity index (χ4v) is 9.86. The highest BCUT2D eigenvalue weighted by atomic mass is 79.9. The van der Waals surface area contributed by atoms with Gasteiger partial charge in [-0.1, -0.05) is 27.6 Å². The molecule has 4 fully saturated rings. The van der Waals surface area contributed by atoms with Crippen LogP contribution in [0.15, 0.2) is 58.6 Å². The second-order valence-electron chi connectivity index (χ2n) is 13.5. The van der Waals surface area contributed by atoms with Gasteiger partial charge >= 0.3 is 0 Å². The van der Waals surface area contributed by atoms with Crippen molar-refractivity contribution in [3.63, 3.8) is 0 Å². The third-order valence-electron chi connectivity index (χ3n) is 11.0. The van der Waals surface area contributed by atoms with E-state index in [2.05, 4.69) is 20.8 Å². The Kier molecular flexibility index (Phi) is 8.48. The Balaban J connectivity index is 1.25. The lowest BCUT2D eigenvalue weighted by Gasteiger charge is -2.50. The maximum atomic E-state index is 15.3. The van der Waals surface area contributed by atoms with E-state index in [4.69, 9.17) is 27.9 Å². The van der Waals surface area contributed by atoms with E-state index in [9.17, 15) is 37.5 Å². The number of benzene rings is 3. The molecule has 3 saturated heterocycles. The second kappa shape index (κ2) is 12.5. The van der Waals surface area contributed by atoms with Gasteiger partial charge in [0.25, 0.3) is 11.8 Å². The number of amides is 4. The van der Waals surface area contributed by atoms with Gasteiger partial charge in [0.05, 0.1) is 30.7 Å². The Morgan fingerprint density at radius 1 is 0.774 bits per heavy atom. The van der Waals surface area contributed by atoms with Crippen molar-refractivity contribution in [2.24, 2.45) is 17.8 Å². The van der Waals surface area contributed by atoms with Crippen molar-refractivity contribution < 1.29 is 51.0 Å². The molecular weight excluding hydrogens is 816 g/mol. The van der Waals surface area contributed by atoms with Gasteiger partial charge < -0.3 is 14.7 Å². The average Bonchev–Trinajstić information content (AvgIpc) is 3.49. The molecule has 4 amide bonds. The third-order valence-corrected chi connectivity index (χ3v) is 12.9. The van der Waals surface area contributed by atoms with Crippen LogP contribution in [0.2, 0.25) is 0 Å². The zero-order valence-corrected chi connectivity index (χ0v) is 30.1. The van der Waals surface area contributed by atoms with Crippen LogP contribution >= 0.6 is 39.1 Å². The molecule has 3 heterocycles. The summed E-state index contributed by atoms with van der Waals surface area (Å²) in [6.45, 7) is 2.40. The molecule has 53 heavy (non-hydrogen) atoms. The predicted octanol–water partition coefficient (Wildman–Crippen LogP) is 6.45. The van der Waals surface area contributed by atoms with E-state index in [1.165, 1.54) is 18.2 Å². The number of aromatic hydroxyl groups is 1. The Bertz CT molecular complexity index is 2160. The molecule has 6 atom stereocenters. The molecular formula is C36H25BrCl2F5N3O6. The fraction of sp³-hybridized carbons (Fsp3) is 0.333. The van der Waals surface area contributed by atoms with E-state index < -0.39 is 104 Å². The Morgan fingerprint density at radius 2 is 1.38 bits per heavy atom. The number of fused-ring (bicyclic) bond motifs is 4. The van der Waals surface area contributed by atoms with Crippen molar-refractivity contribution in [3.8, 4) is 5.75 Å². The normalized spacial score (nSPS) is 29.7. The summed E-state index contributed by atoms with van der Waals surface area (Å²) in [6.07, 6.45) is 0.864. The molecule has 3 aromatic rings. The van der Waals surface area contributed by atoms with Crippen molar-refractivity contribution in [2.75, 3.05) is 41.0 Å². The molecule has 2 aliphatic carbocycles. The molecule has 17 heteroatoms. The molecule has 1 N–H and O–H groups in total. The number of phenols is 1. The molecule has 0 spiro atoms. The van der Waals surface area contributed by atoms with Gasteiger partial charge in [-0.2, -0.15) is 0 Å². The first-order chi connectivity index (χ1) is 25.1. The monoisotopic (exact) mass is 839 g/mol. The summed E-state index contributed by atoms with van der Waals surface area (Å²) in [6, 6.07) is 10.8. The molecule has 0 unspecified atom stereocenters. The van der Waals surface area contributed by atoms with Crippen molar-refractivity contribution in [2.45, 2.75) is 28.5 Å². The standard InChI is InChI=1S/C36H25BrCl2F5N3O6/c37-15-1-8-22(48)20(13-15)24-18-6-7-19-23(32(50)46(31(19)49)17-4-2-16(3-5-17)45-9-11-53-12-10-45)21(18)14-35(38)33(51)47(34(52)36(24,35)39)30-28(43)26(41)25(40)27(42)29(30)44/h1-6,8,13,19,21,23-24,48H,7,9-12,14H2/t19-,21+,23-,24+,35+,36-/m0/s1. The number of allylic oxidation sites excluding steroid dienone is 2. The first-order valence-electron chi connectivity index (χ1n) is 16.4. The number of imide groups is 2. The maximum Gasteiger partial charge on any atom is 0.258 e. The molecule has 9 nitrogen and oxygen atoms in total.